The van der Waals surface area contributed by atoms with Crippen LogP contribution in [0.15, 0.2) is 42.5 Å². The number of hydrogen-bond acceptors (Lipinski definition) is 8. The number of benzene rings is 2. The van der Waals surface area contributed by atoms with Crippen LogP contribution in [-0.4, -0.2) is 55.8 Å². The summed E-state index contributed by atoms with van der Waals surface area (Å²) in [6.07, 6.45) is -1.21. The van der Waals surface area contributed by atoms with Gasteiger partial charge in [0.1, 0.15) is 37.4 Å². The summed E-state index contributed by atoms with van der Waals surface area (Å²) in [7, 11) is 0. The fourth-order valence-electron chi connectivity index (χ4n) is 3.61. The molecule has 0 radical (unpaired) electrons. The van der Waals surface area contributed by atoms with Crippen molar-refractivity contribution in [1.82, 2.24) is 0 Å². The fourth-order valence-corrected chi connectivity index (χ4v) is 3.76. The lowest BCUT2D eigenvalue weighted by Crippen LogP contribution is -2.29. The molecule has 0 aliphatic heterocycles. The van der Waals surface area contributed by atoms with Crippen molar-refractivity contribution in [1.29, 1.82) is 0 Å². The van der Waals surface area contributed by atoms with Gasteiger partial charge in [0.2, 0.25) is 0 Å². The van der Waals surface area contributed by atoms with Crippen LogP contribution < -0.4 is 9.47 Å². The summed E-state index contributed by atoms with van der Waals surface area (Å²) in [6, 6.07) is 13.6. The maximum atomic E-state index is 11.3. The van der Waals surface area contributed by atoms with Gasteiger partial charge in [-0.2, -0.15) is 0 Å². The van der Waals surface area contributed by atoms with Gasteiger partial charge in [-0.25, -0.2) is 0 Å². The average Bonchev–Trinajstić information content (AvgIpc) is 2.83. The van der Waals surface area contributed by atoms with E-state index in [4.69, 9.17) is 35.3 Å². The minimum atomic E-state index is -0.699. The van der Waals surface area contributed by atoms with Crippen LogP contribution in [0.1, 0.15) is 51.3 Å². The minimum absolute atomic E-state index is 0.0539. The third-order valence-electron chi connectivity index (χ3n) is 5.64. The van der Waals surface area contributed by atoms with Crippen LogP contribution in [0.3, 0.4) is 0 Å². The van der Waals surface area contributed by atoms with Crippen molar-refractivity contribution in [2.75, 3.05) is 25.7 Å². The molecule has 0 N–H and O–H groups in total. The van der Waals surface area contributed by atoms with Gasteiger partial charge in [0.15, 0.2) is 6.10 Å². The van der Waals surface area contributed by atoms with Crippen LogP contribution in [0, 0.1) is 6.92 Å². The molecule has 9 heteroatoms. The summed E-state index contributed by atoms with van der Waals surface area (Å²) in [4.78, 5) is 33.6. The molecule has 0 aliphatic carbocycles. The summed E-state index contributed by atoms with van der Waals surface area (Å²) in [6.45, 7) is 10.3. The zero-order chi connectivity index (χ0) is 27.6. The molecular weight excluding hydrogens is 500 g/mol. The Morgan fingerprint density at radius 3 is 1.89 bits per heavy atom. The lowest BCUT2D eigenvalue weighted by Gasteiger charge is -2.27. The highest BCUT2D eigenvalue weighted by atomic mass is 35.5. The first-order valence-corrected chi connectivity index (χ1v) is 12.5. The smallest absolute Gasteiger partial charge is 0.303 e. The van der Waals surface area contributed by atoms with Crippen molar-refractivity contribution in [2.45, 2.75) is 59.2 Å². The Labute approximate surface area is 223 Å². The second-order valence-corrected chi connectivity index (χ2v) is 9.48. The molecule has 0 amide bonds. The second-order valence-electron chi connectivity index (χ2n) is 9.17. The molecule has 8 nitrogen and oxygen atoms in total. The fraction of sp³-hybridized carbons (Fsp3) is 0.464. The van der Waals surface area contributed by atoms with Crippen LogP contribution >= 0.6 is 11.6 Å². The van der Waals surface area contributed by atoms with Gasteiger partial charge in [-0.05, 0) is 41.8 Å². The number of alkyl halides is 1. The third kappa shape index (κ3) is 9.61. The summed E-state index contributed by atoms with van der Waals surface area (Å²) in [5.74, 6) is 0.112. The van der Waals surface area contributed by atoms with E-state index in [1.165, 1.54) is 20.8 Å². The first-order valence-electron chi connectivity index (χ1n) is 11.9. The number of halogens is 1. The van der Waals surface area contributed by atoms with Crippen LogP contribution in [0.25, 0.3) is 0 Å². The Bertz CT molecular complexity index is 1060. The molecule has 0 aromatic heterocycles. The van der Waals surface area contributed by atoms with Gasteiger partial charge < -0.3 is 23.7 Å². The minimum Gasteiger partial charge on any atom is -0.490 e. The largest absolute Gasteiger partial charge is 0.490 e. The summed E-state index contributed by atoms with van der Waals surface area (Å²) in [5, 5.41) is 0. The number of hydrogen-bond donors (Lipinski definition) is 0. The standard InChI is InChI=1S/C28H35ClO8/c1-18-13-23(9-12-27(18)35-15-25(14-29)36-20(3)31)28(5,6)22-7-10-24(11-8-22)34-17-26(37-21(4)32)16-33-19(2)30/h7-13,25-26H,14-17H2,1-6H3/t25-,26+/m1/s1. The average molecular weight is 535 g/mol. The van der Waals surface area contributed by atoms with Crippen molar-refractivity contribution in [3.8, 4) is 11.5 Å². The van der Waals surface area contributed by atoms with Crippen molar-refractivity contribution in [3.63, 3.8) is 0 Å². The van der Waals surface area contributed by atoms with E-state index in [1.54, 1.807) is 0 Å². The quantitative estimate of drug-likeness (QED) is 0.206. The molecule has 0 aliphatic rings. The van der Waals surface area contributed by atoms with Gasteiger partial charge in [0.05, 0.1) is 5.88 Å². The molecule has 0 saturated carbocycles. The molecule has 0 saturated heterocycles. The Morgan fingerprint density at radius 1 is 0.784 bits per heavy atom. The number of aryl methyl sites for hydroxylation is 1. The van der Waals surface area contributed by atoms with Crippen LogP contribution in [-0.2, 0) is 34.0 Å². The Kier molecular flexibility index (Phi) is 11.2. The van der Waals surface area contributed by atoms with Gasteiger partial charge in [0.25, 0.3) is 0 Å². The van der Waals surface area contributed by atoms with Crippen LogP contribution in [0.2, 0.25) is 0 Å². The lowest BCUT2D eigenvalue weighted by molar-refractivity contribution is -0.158. The monoisotopic (exact) mass is 534 g/mol. The van der Waals surface area contributed by atoms with E-state index in [0.717, 1.165) is 16.7 Å². The van der Waals surface area contributed by atoms with E-state index >= 15 is 0 Å². The zero-order valence-electron chi connectivity index (χ0n) is 22.2. The maximum absolute atomic E-state index is 11.3. The number of esters is 3. The highest BCUT2D eigenvalue weighted by Gasteiger charge is 2.24. The number of carbonyl (C=O) groups is 3. The number of rotatable bonds is 13. The Hall–Kier alpha value is -3.26. The zero-order valence-corrected chi connectivity index (χ0v) is 22.9. The van der Waals surface area contributed by atoms with E-state index in [-0.39, 0.29) is 31.1 Å². The normalized spacial score (nSPS) is 12.7. The van der Waals surface area contributed by atoms with Crippen molar-refractivity contribution in [2.24, 2.45) is 0 Å². The molecular formula is C28H35ClO8. The molecule has 202 valence electrons. The van der Waals surface area contributed by atoms with Crippen LogP contribution in [0.4, 0.5) is 0 Å². The van der Waals surface area contributed by atoms with Gasteiger partial charge in [-0.15, -0.1) is 11.6 Å². The summed E-state index contributed by atoms with van der Waals surface area (Å²) in [5.41, 5.74) is 2.80. The highest BCUT2D eigenvalue weighted by molar-refractivity contribution is 6.18. The van der Waals surface area contributed by atoms with E-state index in [1.807, 2.05) is 43.3 Å². The molecule has 2 atom stereocenters. The predicted molar refractivity (Wildman–Crippen MR) is 139 cm³/mol. The predicted octanol–water partition coefficient (Wildman–Crippen LogP) is 4.74. The summed E-state index contributed by atoms with van der Waals surface area (Å²) >= 11 is 5.86. The lowest BCUT2D eigenvalue weighted by atomic mass is 9.77. The van der Waals surface area contributed by atoms with Gasteiger partial charge >= 0.3 is 17.9 Å². The Morgan fingerprint density at radius 2 is 1.35 bits per heavy atom. The van der Waals surface area contributed by atoms with Crippen molar-refractivity contribution < 1.29 is 38.1 Å². The summed E-state index contributed by atoms with van der Waals surface area (Å²) < 4.78 is 26.8. The SMILES string of the molecule is CC(=O)OC[C@@H](COc1ccc(C(C)(C)c2ccc(OC[C@@H](CCl)OC(C)=O)c(C)c2)cc1)OC(C)=O. The van der Waals surface area contributed by atoms with E-state index in [0.29, 0.717) is 11.5 Å². The second kappa shape index (κ2) is 13.9. The Balaban J connectivity index is 2.06. The van der Waals surface area contributed by atoms with Crippen LogP contribution in [0.5, 0.6) is 11.5 Å². The van der Waals surface area contributed by atoms with Gasteiger partial charge in [-0.3, -0.25) is 14.4 Å². The van der Waals surface area contributed by atoms with Crippen molar-refractivity contribution >= 4 is 29.5 Å². The molecule has 2 aromatic rings. The first kappa shape index (κ1) is 30.0. The third-order valence-corrected chi connectivity index (χ3v) is 5.99. The van der Waals surface area contributed by atoms with Gasteiger partial charge in [-0.1, -0.05) is 38.1 Å². The molecule has 0 fully saturated rings. The molecule has 0 heterocycles. The highest BCUT2D eigenvalue weighted by Crippen LogP contribution is 2.34. The van der Waals surface area contributed by atoms with Crippen molar-refractivity contribution in [3.05, 3.63) is 59.2 Å². The molecule has 0 bridgehead atoms. The maximum Gasteiger partial charge on any atom is 0.303 e. The van der Waals surface area contributed by atoms with E-state index in [2.05, 4.69) is 19.9 Å². The molecule has 37 heavy (non-hydrogen) atoms. The first-order chi connectivity index (χ1) is 17.4. The molecule has 2 rings (SSSR count). The van der Waals surface area contributed by atoms with E-state index in [9.17, 15) is 14.4 Å². The van der Waals surface area contributed by atoms with Gasteiger partial charge in [0, 0.05) is 26.2 Å². The molecule has 0 spiro atoms. The topological polar surface area (TPSA) is 97.4 Å². The van der Waals surface area contributed by atoms with E-state index < -0.39 is 30.1 Å². The molecule has 2 aromatic carbocycles. The number of ether oxygens (including phenoxy) is 5. The number of carbonyl (C=O) groups excluding carboxylic acids is 3. The molecule has 0 unspecified atom stereocenters.